The maximum Gasteiger partial charge on any atom is 0.176 e. The fourth-order valence-corrected chi connectivity index (χ4v) is 1.69. The van der Waals surface area contributed by atoms with E-state index < -0.39 is 0 Å². The number of halogens is 1. The minimum Gasteiger partial charge on any atom is -0.486 e. The predicted octanol–water partition coefficient (Wildman–Crippen LogP) is 2.42. The lowest BCUT2D eigenvalue weighted by Gasteiger charge is -2.18. The van der Waals surface area contributed by atoms with Crippen LogP contribution in [0.4, 0.5) is 0 Å². The first kappa shape index (κ1) is 10.5. The smallest absolute Gasteiger partial charge is 0.176 e. The first-order valence-corrected chi connectivity index (χ1v) is 5.68. The lowest BCUT2D eigenvalue weighted by molar-refractivity contribution is 0.0994. The highest BCUT2D eigenvalue weighted by atomic mass is 79.9. The van der Waals surface area contributed by atoms with Crippen molar-refractivity contribution in [1.82, 2.24) is 0 Å². The summed E-state index contributed by atoms with van der Waals surface area (Å²) >= 11 is 3.25. The number of benzene rings is 1. The molecule has 1 atom stereocenters. The van der Waals surface area contributed by atoms with Crippen LogP contribution in [-0.4, -0.2) is 23.8 Å². The second-order valence-electron chi connectivity index (χ2n) is 3.34. The van der Waals surface area contributed by atoms with Crippen LogP contribution in [0.2, 0.25) is 0 Å². The summed E-state index contributed by atoms with van der Waals surface area (Å²) in [6.07, 6.45) is 0. The molecule has 0 bridgehead atoms. The lowest BCUT2D eigenvalue weighted by Crippen LogP contribution is -2.16. The molecule has 0 fully saturated rings. The summed E-state index contributed by atoms with van der Waals surface area (Å²) < 4.78 is 10.8. The summed E-state index contributed by atoms with van der Waals surface area (Å²) in [6, 6.07) is 5.26. The van der Waals surface area contributed by atoms with Crippen molar-refractivity contribution in [1.29, 1.82) is 0 Å². The lowest BCUT2D eigenvalue weighted by atomic mass is 10.1. The number of alkyl halides is 1. The van der Waals surface area contributed by atoms with Crippen LogP contribution >= 0.6 is 15.9 Å². The zero-order valence-corrected chi connectivity index (χ0v) is 9.91. The molecule has 2 rings (SSSR count). The van der Waals surface area contributed by atoms with E-state index in [0.717, 1.165) is 0 Å². The maximum absolute atomic E-state index is 11.7. The van der Waals surface area contributed by atoms with Gasteiger partial charge < -0.3 is 9.47 Å². The topological polar surface area (TPSA) is 35.5 Å². The zero-order valence-electron chi connectivity index (χ0n) is 8.33. The van der Waals surface area contributed by atoms with Crippen molar-refractivity contribution in [2.75, 3.05) is 13.2 Å². The molecule has 1 aliphatic heterocycles. The average molecular weight is 271 g/mol. The van der Waals surface area contributed by atoms with Gasteiger partial charge in [-0.05, 0) is 25.1 Å². The van der Waals surface area contributed by atoms with Crippen LogP contribution in [0.3, 0.4) is 0 Å². The Hall–Kier alpha value is -1.03. The molecular weight excluding hydrogens is 260 g/mol. The zero-order chi connectivity index (χ0) is 10.8. The SMILES string of the molecule is C[C@H](Br)C(=O)c1ccc2c(c1)OCCO2. The predicted molar refractivity (Wildman–Crippen MR) is 60.2 cm³/mol. The first-order valence-electron chi connectivity index (χ1n) is 4.76. The molecule has 15 heavy (non-hydrogen) atoms. The van der Waals surface area contributed by atoms with Crippen LogP contribution in [0.15, 0.2) is 18.2 Å². The van der Waals surface area contributed by atoms with Gasteiger partial charge in [-0.3, -0.25) is 4.79 Å². The van der Waals surface area contributed by atoms with Gasteiger partial charge in [0.25, 0.3) is 0 Å². The minimum absolute atomic E-state index is 0.0481. The average Bonchev–Trinajstić information content (AvgIpc) is 2.27. The Morgan fingerprint density at radius 2 is 2.00 bits per heavy atom. The van der Waals surface area contributed by atoms with Gasteiger partial charge in [-0.1, -0.05) is 15.9 Å². The van der Waals surface area contributed by atoms with Crippen molar-refractivity contribution in [3.05, 3.63) is 23.8 Å². The highest BCUT2D eigenvalue weighted by Crippen LogP contribution is 2.31. The highest BCUT2D eigenvalue weighted by molar-refractivity contribution is 9.10. The van der Waals surface area contributed by atoms with E-state index >= 15 is 0 Å². The van der Waals surface area contributed by atoms with Crippen LogP contribution in [0, 0.1) is 0 Å². The summed E-state index contributed by atoms with van der Waals surface area (Å²) in [5.41, 5.74) is 0.642. The van der Waals surface area contributed by atoms with Crippen LogP contribution in [0.5, 0.6) is 11.5 Å². The number of fused-ring (bicyclic) bond motifs is 1. The molecule has 3 nitrogen and oxygen atoms in total. The van der Waals surface area contributed by atoms with Gasteiger partial charge in [0.05, 0.1) is 4.83 Å². The fourth-order valence-electron chi connectivity index (χ4n) is 1.43. The first-order chi connectivity index (χ1) is 7.18. The van der Waals surface area contributed by atoms with Crippen molar-refractivity contribution in [3.63, 3.8) is 0 Å². The van der Waals surface area contributed by atoms with Gasteiger partial charge in [0.15, 0.2) is 17.3 Å². The van der Waals surface area contributed by atoms with E-state index in [9.17, 15) is 4.79 Å². The third-order valence-electron chi connectivity index (χ3n) is 2.19. The molecule has 0 aromatic heterocycles. The number of carbonyl (C=O) groups is 1. The van der Waals surface area contributed by atoms with Crippen molar-refractivity contribution in [3.8, 4) is 11.5 Å². The summed E-state index contributed by atoms with van der Waals surface area (Å²) in [7, 11) is 0. The second-order valence-corrected chi connectivity index (χ2v) is 4.71. The van der Waals surface area contributed by atoms with E-state index in [1.165, 1.54) is 0 Å². The van der Waals surface area contributed by atoms with E-state index in [-0.39, 0.29) is 10.6 Å². The molecule has 0 amide bonds. The summed E-state index contributed by atoms with van der Waals surface area (Å²) in [5.74, 6) is 1.41. The molecular formula is C11H11BrO3. The third kappa shape index (κ3) is 2.15. The van der Waals surface area contributed by atoms with Gasteiger partial charge in [0, 0.05) is 5.56 Å². The number of ketones is 1. The maximum atomic E-state index is 11.7. The van der Waals surface area contributed by atoms with E-state index in [0.29, 0.717) is 30.3 Å². The highest BCUT2D eigenvalue weighted by Gasteiger charge is 2.17. The van der Waals surface area contributed by atoms with Gasteiger partial charge in [-0.25, -0.2) is 0 Å². The van der Waals surface area contributed by atoms with Crippen molar-refractivity contribution < 1.29 is 14.3 Å². The summed E-state index contributed by atoms with van der Waals surface area (Å²) in [4.78, 5) is 11.5. The molecule has 1 aromatic rings. The molecule has 1 aliphatic rings. The number of Topliss-reactive ketones (excluding diaryl/α,β-unsaturated/α-hetero) is 1. The molecule has 0 spiro atoms. The van der Waals surface area contributed by atoms with Gasteiger partial charge in [-0.2, -0.15) is 0 Å². The molecule has 0 N–H and O–H groups in total. The van der Waals surface area contributed by atoms with Gasteiger partial charge in [0.2, 0.25) is 0 Å². The molecule has 1 aromatic carbocycles. The largest absolute Gasteiger partial charge is 0.486 e. The van der Waals surface area contributed by atoms with Crippen LogP contribution in [0.25, 0.3) is 0 Å². The molecule has 0 saturated carbocycles. The number of hydrogen-bond acceptors (Lipinski definition) is 3. The number of carbonyl (C=O) groups excluding carboxylic acids is 1. The van der Waals surface area contributed by atoms with E-state index in [1.54, 1.807) is 25.1 Å². The molecule has 0 radical (unpaired) electrons. The monoisotopic (exact) mass is 270 g/mol. The van der Waals surface area contributed by atoms with E-state index in [2.05, 4.69) is 15.9 Å². The van der Waals surface area contributed by atoms with Crippen molar-refractivity contribution in [2.24, 2.45) is 0 Å². The van der Waals surface area contributed by atoms with E-state index in [4.69, 9.17) is 9.47 Å². The number of ether oxygens (including phenoxy) is 2. The molecule has 0 saturated heterocycles. The van der Waals surface area contributed by atoms with Crippen LogP contribution in [-0.2, 0) is 0 Å². The molecule has 0 unspecified atom stereocenters. The molecule has 1 heterocycles. The summed E-state index contributed by atoms with van der Waals surface area (Å²) in [5, 5.41) is 0. The quantitative estimate of drug-likeness (QED) is 0.612. The normalized spacial score (nSPS) is 15.9. The molecule has 0 aliphatic carbocycles. The Morgan fingerprint density at radius 3 is 2.67 bits per heavy atom. The Labute approximate surface area is 96.5 Å². The van der Waals surface area contributed by atoms with Crippen molar-refractivity contribution in [2.45, 2.75) is 11.8 Å². The van der Waals surface area contributed by atoms with Crippen LogP contribution in [0.1, 0.15) is 17.3 Å². The second kappa shape index (κ2) is 4.23. The third-order valence-corrected chi connectivity index (χ3v) is 2.60. The molecule has 4 heteroatoms. The standard InChI is InChI=1S/C11H11BrO3/c1-7(12)11(13)8-2-3-9-10(6-8)15-5-4-14-9/h2-3,6-7H,4-5H2,1H3/t7-/m0/s1. The van der Waals surface area contributed by atoms with Gasteiger partial charge in [-0.15, -0.1) is 0 Å². The van der Waals surface area contributed by atoms with E-state index in [1.807, 2.05) is 0 Å². The Kier molecular flexibility index (Phi) is 2.95. The van der Waals surface area contributed by atoms with Gasteiger partial charge in [0.1, 0.15) is 13.2 Å². The Morgan fingerprint density at radius 1 is 1.33 bits per heavy atom. The Balaban J connectivity index is 2.32. The fraction of sp³-hybridized carbons (Fsp3) is 0.364. The van der Waals surface area contributed by atoms with Crippen molar-refractivity contribution >= 4 is 21.7 Å². The van der Waals surface area contributed by atoms with Crippen LogP contribution < -0.4 is 9.47 Å². The summed E-state index contributed by atoms with van der Waals surface area (Å²) in [6.45, 7) is 2.91. The number of hydrogen-bond donors (Lipinski definition) is 0. The molecule has 80 valence electrons. The number of rotatable bonds is 2. The minimum atomic E-state index is -0.181. The Bertz CT molecular complexity index is 387. The van der Waals surface area contributed by atoms with Gasteiger partial charge >= 0.3 is 0 Å².